The molecule has 0 radical (unpaired) electrons. The van der Waals surface area contributed by atoms with Crippen molar-refractivity contribution in [2.75, 3.05) is 14.1 Å². The Balaban J connectivity index is 2.12. The fourth-order valence-corrected chi connectivity index (χ4v) is 2.55. The predicted molar refractivity (Wildman–Crippen MR) is 88.4 cm³/mol. The van der Waals surface area contributed by atoms with Crippen LogP contribution in [-0.4, -0.2) is 29.9 Å². The minimum absolute atomic E-state index is 0.00812. The fraction of sp³-hybridized carbons (Fsp3) is 0.333. The molecule has 0 aliphatic heterocycles. The molecule has 2 aromatic rings. The third-order valence-corrected chi connectivity index (χ3v) is 3.68. The number of nitrogens with one attached hydrogen (secondary N) is 1. The number of hydrogen-bond acceptors (Lipinski definition) is 3. The lowest BCUT2D eigenvalue weighted by Gasteiger charge is -2.25. The van der Waals surface area contributed by atoms with Gasteiger partial charge in [-0.2, -0.15) is 0 Å². The molecule has 0 aliphatic carbocycles. The summed E-state index contributed by atoms with van der Waals surface area (Å²) < 4.78 is 0. The predicted octanol–water partition coefficient (Wildman–Crippen LogP) is 2.62. The Morgan fingerprint density at radius 2 is 1.95 bits per heavy atom. The molecule has 0 saturated heterocycles. The number of pyridine rings is 1. The lowest BCUT2D eigenvalue weighted by molar-refractivity contribution is -0.126. The van der Waals surface area contributed by atoms with Crippen LogP contribution < -0.4 is 5.32 Å². The molecule has 4 heteroatoms. The lowest BCUT2D eigenvalue weighted by atomic mass is 10.00. The largest absolute Gasteiger partial charge is 0.350 e. The third-order valence-electron chi connectivity index (χ3n) is 3.68. The van der Waals surface area contributed by atoms with Gasteiger partial charge in [-0.25, -0.2) is 0 Å². The summed E-state index contributed by atoms with van der Waals surface area (Å²) in [5.41, 5.74) is 4.17. The summed E-state index contributed by atoms with van der Waals surface area (Å²) in [7, 11) is 3.85. The SMILES string of the molecule is Cc1cc(CNC(=O)[C@@H](c2ccccc2C)N(C)C)ccn1. The van der Waals surface area contributed by atoms with Gasteiger partial charge >= 0.3 is 0 Å². The minimum Gasteiger partial charge on any atom is -0.350 e. The van der Waals surface area contributed by atoms with E-state index in [0.717, 1.165) is 22.4 Å². The molecular weight excluding hydrogens is 274 g/mol. The van der Waals surface area contributed by atoms with Crippen molar-refractivity contribution in [1.29, 1.82) is 0 Å². The van der Waals surface area contributed by atoms with E-state index < -0.39 is 0 Å². The Labute approximate surface area is 132 Å². The number of likely N-dealkylation sites (N-methyl/N-ethyl adjacent to an activating group) is 1. The molecule has 1 N–H and O–H groups in total. The van der Waals surface area contributed by atoms with E-state index in [-0.39, 0.29) is 11.9 Å². The van der Waals surface area contributed by atoms with E-state index in [9.17, 15) is 4.79 Å². The first-order valence-electron chi connectivity index (χ1n) is 7.40. The van der Waals surface area contributed by atoms with Crippen molar-refractivity contribution in [2.24, 2.45) is 0 Å². The van der Waals surface area contributed by atoms with Crippen LogP contribution in [0, 0.1) is 13.8 Å². The first-order chi connectivity index (χ1) is 10.5. The van der Waals surface area contributed by atoms with E-state index >= 15 is 0 Å². The zero-order valence-electron chi connectivity index (χ0n) is 13.6. The molecule has 0 aliphatic rings. The topological polar surface area (TPSA) is 45.2 Å². The summed E-state index contributed by atoms with van der Waals surface area (Å²) in [4.78, 5) is 18.7. The number of aromatic nitrogens is 1. The van der Waals surface area contributed by atoms with E-state index in [4.69, 9.17) is 0 Å². The van der Waals surface area contributed by atoms with Crippen LogP contribution in [-0.2, 0) is 11.3 Å². The molecule has 4 nitrogen and oxygen atoms in total. The van der Waals surface area contributed by atoms with Gasteiger partial charge in [-0.3, -0.25) is 14.7 Å². The van der Waals surface area contributed by atoms with Crippen molar-refractivity contribution in [3.8, 4) is 0 Å². The van der Waals surface area contributed by atoms with Crippen molar-refractivity contribution >= 4 is 5.91 Å². The summed E-state index contributed by atoms with van der Waals surface area (Å²) in [5.74, 6) is 0.00812. The maximum atomic E-state index is 12.6. The van der Waals surface area contributed by atoms with Crippen LogP contribution >= 0.6 is 0 Å². The molecule has 1 atom stereocenters. The number of nitrogens with zero attached hydrogens (tertiary/aromatic N) is 2. The number of amides is 1. The molecule has 0 unspecified atom stereocenters. The summed E-state index contributed by atoms with van der Waals surface area (Å²) in [6.07, 6.45) is 1.77. The van der Waals surface area contributed by atoms with E-state index in [2.05, 4.69) is 10.3 Å². The van der Waals surface area contributed by atoms with Crippen LogP contribution in [0.25, 0.3) is 0 Å². The molecule has 0 bridgehead atoms. The molecule has 1 heterocycles. The van der Waals surface area contributed by atoms with E-state index in [0.29, 0.717) is 6.54 Å². The fourth-order valence-electron chi connectivity index (χ4n) is 2.55. The molecule has 2 rings (SSSR count). The lowest BCUT2D eigenvalue weighted by Crippen LogP contribution is -2.37. The smallest absolute Gasteiger partial charge is 0.242 e. The third kappa shape index (κ3) is 3.92. The molecule has 1 aromatic carbocycles. The van der Waals surface area contributed by atoms with Crippen LogP contribution in [0.3, 0.4) is 0 Å². The summed E-state index contributed by atoms with van der Waals surface area (Å²) >= 11 is 0. The highest BCUT2D eigenvalue weighted by molar-refractivity contribution is 5.83. The van der Waals surface area contributed by atoms with Gasteiger partial charge in [-0.1, -0.05) is 24.3 Å². The Bertz CT molecular complexity index is 652. The van der Waals surface area contributed by atoms with Crippen molar-refractivity contribution in [3.05, 3.63) is 65.0 Å². The number of benzene rings is 1. The van der Waals surface area contributed by atoms with Crippen LogP contribution in [0.1, 0.15) is 28.4 Å². The van der Waals surface area contributed by atoms with Gasteiger partial charge in [0.2, 0.25) is 5.91 Å². The van der Waals surface area contributed by atoms with Crippen molar-refractivity contribution < 1.29 is 4.79 Å². The van der Waals surface area contributed by atoms with Crippen molar-refractivity contribution in [1.82, 2.24) is 15.2 Å². The highest BCUT2D eigenvalue weighted by Gasteiger charge is 2.23. The van der Waals surface area contributed by atoms with Crippen LogP contribution in [0.2, 0.25) is 0 Å². The zero-order valence-corrected chi connectivity index (χ0v) is 13.6. The van der Waals surface area contributed by atoms with Gasteiger partial charge in [-0.15, -0.1) is 0 Å². The Morgan fingerprint density at radius 3 is 2.59 bits per heavy atom. The van der Waals surface area contributed by atoms with Crippen LogP contribution in [0.4, 0.5) is 0 Å². The highest BCUT2D eigenvalue weighted by atomic mass is 16.2. The second-order valence-electron chi connectivity index (χ2n) is 5.75. The molecule has 0 saturated carbocycles. The molecule has 0 fully saturated rings. The minimum atomic E-state index is -0.288. The van der Waals surface area contributed by atoms with E-state index in [1.165, 1.54) is 0 Å². The van der Waals surface area contributed by atoms with Crippen molar-refractivity contribution in [2.45, 2.75) is 26.4 Å². The van der Waals surface area contributed by atoms with E-state index in [1.54, 1.807) is 6.20 Å². The normalized spacial score (nSPS) is 12.2. The molecule has 22 heavy (non-hydrogen) atoms. The highest BCUT2D eigenvalue weighted by Crippen LogP contribution is 2.22. The van der Waals surface area contributed by atoms with Crippen molar-refractivity contribution in [3.63, 3.8) is 0 Å². The Morgan fingerprint density at radius 1 is 1.23 bits per heavy atom. The zero-order chi connectivity index (χ0) is 16.1. The first-order valence-corrected chi connectivity index (χ1v) is 7.40. The number of aryl methyl sites for hydroxylation is 2. The summed E-state index contributed by atoms with van der Waals surface area (Å²) in [6, 6.07) is 11.6. The van der Waals surface area contributed by atoms with E-state index in [1.807, 2.05) is 69.2 Å². The quantitative estimate of drug-likeness (QED) is 0.922. The van der Waals surface area contributed by atoms with Gasteiger partial charge in [0.15, 0.2) is 0 Å². The standard InChI is InChI=1S/C18H23N3O/c1-13-7-5-6-8-16(13)17(21(3)4)18(22)20-12-15-9-10-19-14(2)11-15/h5-11,17H,12H2,1-4H3,(H,20,22)/t17-/m1/s1. The number of carbonyl (C=O) groups is 1. The van der Waals surface area contributed by atoms with Gasteiger partial charge < -0.3 is 5.32 Å². The second-order valence-corrected chi connectivity index (χ2v) is 5.75. The van der Waals surface area contributed by atoms with Crippen LogP contribution in [0.5, 0.6) is 0 Å². The first kappa shape index (κ1) is 16.2. The monoisotopic (exact) mass is 297 g/mol. The number of rotatable bonds is 5. The summed E-state index contributed by atoms with van der Waals surface area (Å²) in [6.45, 7) is 4.49. The van der Waals surface area contributed by atoms with Gasteiger partial charge in [0.25, 0.3) is 0 Å². The maximum absolute atomic E-state index is 12.6. The number of hydrogen-bond donors (Lipinski definition) is 1. The van der Waals surface area contributed by atoms with Crippen LogP contribution in [0.15, 0.2) is 42.6 Å². The van der Waals surface area contributed by atoms with Gasteiger partial charge in [0.1, 0.15) is 6.04 Å². The average molecular weight is 297 g/mol. The molecular formula is C18H23N3O. The molecule has 1 aromatic heterocycles. The Hall–Kier alpha value is -2.20. The van der Waals surface area contributed by atoms with Gasteiger partial charge in [0.05, 0.1) is 0 Å². The maximum Gasteiger partial charge on any atom is 0.242 e. The van der Waals surface area contributed by atoms with Gasteiger partial charge in [-0.05, 0) is 56.8 Å². The average Bonchev–Trinajstić information content (AvgIpc) is 2.47. The molecule has 1 amide bonds. The number of carbonyl (C=O) groups excluding carboxylic acids is 1. The van der Waals surface area contributed by atoms with Gasteiger partial charge in [0, 0.05) is 18.4 Å². The second kappa shape index (κ2) is 7.18. The Kier molecular flexibility index (Phi) is 5.28. The summed E-state index contributed by atoms with van der Waals surface area (Å²) in [5, 5.41) is 3.02. The molecule has 0 spiro atoms. The molecule has 116 valence electrons.